The molecule has 2 aromatic rings. The average Bonchev–Trinajstić information content (AvgIpc) is 2.77. The van der Waals surface area contributed by atoms with Gasteiger partial charge in [-0.25, -0.2) is 9.18 Å². The van der Waals surface area contributed by atoms with Gasteiger partial charge >= 0.3 is 5.97 Å². The molecule has 0 amide bonds. The van der Waals surface area contributed by atoms with Gasteiger partial charge in [-0.3, -0.25) is 0 Å². The van der Waals surface area contributed by atoms with Crippen LogP contribution in [0, 0.1) is 5.82 Å². The summed E-state index contributed by atoms with van der Waals surface area (Å²) in [5.41, 5.74) is 2.46. The standard InChI is InChI=1S/C26H33FO4S/c1-5-6-7-8-15-31-23-16-19(17-32-21-12-10-20(27)11-13-21)24(26(29)30-4)25(28)22(23)14-9-18(2)3/h9-13,16,28H,5-8,14-15,17H2,1-4H3. The Morgan fingerprint density at radius 2 is 1.88 bits per heavy atom. The normalized spacial score (nSPS) is 10.7. The number of carbonyl (C=O) groups is 1. The van der Waals surface area contributed by atoms with Crippen LogP contribution in [-0.2, 0) is 16.9 Å². The quantitative estimate of drug-likeness (QED) is 0.159. The first-order valence-corrected chi connectivity index (χ1v) is 12.0. The van der Waals surface area contributed by atoms with E-state index in [0.29, 0.717) is 35.7 Å². The number of hydrogen-bond acceptors (Lipinski definition) is 5. The fourth-order valence-corrected chi connectivity index (χ4v) is 4.09. The van der Waals surface area contributed by atoms with Crippen LogP contribution >= 0.6 is 11.8 Å². The molecule has 0 unspecified atom stereocenters. The molecule has 0 saturated heterocycles. The van der Waals surface area contributed by atoms with E-state index in [9.17, 15) is 14.3 Å². The lowest BCUT2D eigenvalue weighted by molar-refractivity contribution is 0.0596. The number of aromatic hydroxyl groups is 1. The van der Waals surface area contributed by atoms with E-state index in [1.807, 2.05) is 26.0 Å². The maximum absolute atomic E-state index is 13.2. The number of phenols is 1. The zero-order chi connectivity index (χ0) is 23.5. The highest BCUT2D eigenvalue weighted by molar-refractivity contribution is 7.98. The SMILES string of the molecule is CCCCCCOc1cc(CSc2ccc(F)cc2)c(C(=O)OC)c(O)c1CC=C(C)C. The molecule has 0 aliphatic rings. The Balaban J connectivity index is 2.40. The lowest BCUT2D eigenvalue weighted by Crippen LogP contribution is -2.10. The molecule has 0 aliphatic carbocycles. The number of allylic oxidation sites excluding steroid dienone is 2. The van der Waals surface area contributed by atoms with Crippen LogP contribution in [0.5, 0.6) is 11.5 Å². The third kappa shape index (κ3) is 7.59. The van der Waals surface area contributed by atoms with Crippen LogP contribution in [0.4, 0.5) is 4.39 Å². The number of ether oxygens (including phenoxy) is 2. The van der Waals surface area contributed by atoms with Gasteiger partial charge in [-0.15, -0.1) is 11.8 Å². The molecule has 4 nitrogen and oxygen atoms in total. The van der Waals surface area contributed by atoms with Gasteiger partial charge in [-0.2, -0.15) is 0 Å². The Kier molecular flexibility index (Phi) is 10.6. The second-order valence-corrected chi connectivity index (χ2v) is 8.91. The van der Waals surface area contributed by atoms with Crippen LogP contribution in [0.25, 0.3) is 0 Å². The minimum atomic E-state index is -0.592. The molecular formula is C26H33FO4S. The predicted octanol–water partition coefficient (Wildman–Crippen LogP) is 7.08. The number of carbonyl (C=O) groups excluding carboxylic acids is 1. The molecule has 2 rings (SSSR count). The third-order valence-electron chi connectivity index (χ3n) is 5.01. The molecule has 32 heavy (non-hydrogen) atoms. The Morgan fingerprint density at radius 1 is 1.16 bits per heavy atom. The molecule has 0 radical (unpaired) electrons. The van der Waals surface area contributed by atoms with E-state index in [-0.39, 0.29) is 17.1 Å². The van der Waals surface area contributed by atoms with E-state index in [1.54, 1.807) is 12.1 Å². The monoisotopic (exact) mass is 460 g/mol. The van der Waals surface area contributed by atoms with Crippen LogP contribution in [0.3, 0.4) is 0 Å². The lowest BCUT2D eigenvalue weighted by Gasteiger charge is -2.18. The summed E-state index contributed by atoms with van der Waals surface area (Å²) >= 11 is 1.45. The molecule has 0 atom stereocenters. The maximum atomic E-state index is 13.2. The van der Waals surface area contributed by atoms with Crippen molar-refractivity contribution in [2.24, 2.45) is 0 Å². The van der Waals surface area contributed by atoms with Crippen molar-refractivity contribution in [2.45, 2.75) is 63.5 Å². The van der Waals surface area contributed by atoms with Gasteiger partial charge in [-0.05, 0) is 62.6 Å². The molecule has 1 N–H and O–H groups in total. The van der Waals surface area contributed by atoms with Crippen molar-refractivity contribution in [3.63, 3.8) is 0 Å². The zero-order valence-electron chi connectivity index (χ0n) is 19.4. The zero-order valence-corrected chi connectivity index (χ0v) is 20.2. The summed E-state index contributed by atoms with van der Waals surface area (Å²) in [4.78, 5) is 13.4. The van der Waals surface area contributed by atoms with Gasteiger partial charge in [0.15, 0.2) is 0 Å². The number of methoxy groups -OCH3 is 1. The fraction of sp³-hybridized carbons (Fsp3) is 0.423. The molecule has 0 aromatic heterocycles. The van der Waals surface area contributed by atoms with Crippen LogP contribution in [-0.4, -0.2) is 24.8 Å². The van der Waals surface area contributed by atoms with Gasteiger partial charge in [0.2, 0.25) is 0 Å². The Labute approximate surface area is 194 Å². The molecule has 174 valence electrons. The van der Waals surface area contributed by atoms with E-state index in [0.717, 1.165) is 36.2 Å². The number of hydrogen-bond donors (Lipinski definition) is 1. The predicted molar refractivity (Wildman–Crippen MR) is 128 cm³/mol. The summed E-state index contributed by atoms with van der Waals surface area (Å²) in [5, 5.41) is 11.1. The first-order valence-electron chi connectivity index (χ1n) is 11.0. The first kappa shape index (κ1) is 25.8. The molecule has 0 aliphatic heterocycles. The van der Waals surface area contributed by atoms with Crippen molar-refractivity contribution in [3.05, 3.63) is 64.5 Å². The number of esters is 1. The van der Waals surface area contributed by atoms with Crippen LogP contribution in [0.2, 0.25) is 0 Å². The second-order valence-electron chi connectivity index (χ2n) is 7.86. The molecule has 0 heterocycles. The highest BCUT2D eigenvalue weighted by atomic mass is 32.2. The third-order valence-corrected chi connectivity index (χ3v) is 6.07. The van der Waals surface area contributed by atoms with Crippen molar-refractivity contribution in [1.29, 1.82) is 0 Å². The summed E-state index contributed by atoms with van der Waals surface area (Å²) in [7, 11) is 1.30. The van der Waals surface area contributed by atoms with E-state index in [2.05, 4.69) is 6.92 Å². The Bertz CT molecular complexity index is 918. The van der Waals surface area contributed by atoms with Gasteiger partial charge < -0.3 is 14.6 Å². The summed E-state index contributed by atoms with van der Waals surface area (Å²) in [6.07, 6.45) is 6.75. The van der Waals surface area contributed by atoms with Gasteiger partial charge in [0.25, 0.3) is 0 Å². The lowest BCUT2D eigenvalue weighted by atomic mass is 9.99. The molecule has 0 saturated carbocycles. The van der Waals surface area contributed by atoms with E-state index >= 15 is 0 Å². The summed E-state index contributed by atoms with van der Waals surface area (Å²) in [6, 6.07) is 8.00. The highest BCUT2D eigenvalue weighted by Gasteiger charge is 2.24. The summed E-state index contributed by atoms with van der Waals surface area (Å²) in [5.74, 6) is -0.0117. The minimum Gasteiger partial charge on any atom is -0.507 e. The van der Waals surface area contributed by atoms with Gasteiger partial charge in [-0.1, -0.05) is 37.8 Å². The second kappa shape index (κ2) is 13.2. The van der Waals surface area contributed by atoms with Crippen LogP contribution in [0.1, 0.15) is 67.9 Å². The molecule has 0 fully saturated rings. The van der Waals surface area contributed by atoms with Gasteiger partial charge in [0.1, 0.15) is 22.9 Å². The first-order chi connectivity index (χ1) is 15.4. The van der Waals surface area contributed by atoms with Gasteiger partial charge in [0, 0.05) is 16.2 Å². The van der Waals surface area contributed by atoms with Crippen LogP contribution < -0.4 is 4.74 Å². The van der Waals surface area contributed by atoms with Crippen molar-refractivity contribution in [2.75, 3.05) is 13.7 Å². The minimum absolute atomic E-state index is 0.102. The van der Waals surface area contributed by atoms with E-state index in [1.165, 1.54) is 31.0 Å². The molecule has 0 spiro atoms. The number of thioether (sulfide) groups is 1. The number of unbranched alkanes of at least 4 members (excludes halogenated alkanes) is 3. The largest absolute Gasteiger partial charge is 0.507 e. The highest BCUT2D eigenvalue weighted by Crippen LogP contribution is 2.38. The fourth-order valence-electron chi connectivity index (χ4n) is 3.22. The molecule has 2 aromatic carbocycles. The smallest absolute Gasteiger partial charge is 0.341 e. The van der Waals surface area contributed by atoms with Crippen molar-refractivity contribution >= 4 is 17.7 Å². The van der Waals surface area contributed by atoms with Crippen molar-refractivity contribution < 1.29 is 23.8 Å². The topological polar surface area (TPSA) is 55.8 Å². The number of benzene rings is 2. The number of rotatable bonds is 12. The van der Waals surface area contributed by atoms with E-state index in [4.69, 9.17) is 9.47 Å². The van der Waals surface area contributed by atoms with Crippen molar-refractivity contribution in [3.8, 4) is 11.5 Å². The molecular weight excluding hydrogens is 427 g/mol. The van der Waals surface area contributed by atoms with Crippen LogP contribution in [0.15, 0.2) is 46.9 Å². The maximum Gasteiger partial charge on any atom is 0.341 e. The number of halogens is 1. The summed E-state index contributed by atoms with van der Waals surface area (Å²) < 4.78 is 24.2. The van der Waals surface area contributed by atoms with Crippen molar-refractivity contribution in [1.82, 2.24) is 0 Å². The molecule has 6 heteroatoms. The Hall–Kier alpha value is -2.47. The summed E-state index contributed by atoms with van der Waals surface area (Å²) in [6.45, 7) is 6.67. The average molecular weight is 461 g/mol. The number of phenolic OH excluding ortho intramolecular Hbond substituents is 1. The Morgan fingerprint density at radius 3 is 2.50 bits per heavy atom. The van der Waals surface area contributed by atoms with Gasteiger partial charge in [0.05, 0.1) is 13.7 Å². The molecule has 0 bridgehead atoms. The van der Waals surface area contributed by atoms with E-state index < -0.39 is 5.97 Å².